The van der Waals surface area contributed by atoms with Gasteiger partial charge in [-0.05, 0) is 32.3 Å². The number of hydrogen-bond donors (Lipinski definition) is 1. The molecule has 2 aliphatic heterocycles. The Kier molecular flexibility index (Phi) is 7.85. The Morgan fingerprint density at radius 2 is 1.70 bits per heavy atom. The van der Waals surface area contributed by atoms with Gasteiger partial charge < -0.3 is 15.1 Å². The van der Waals surface area contributed by atoms with Crippen molar-refractivity contribution < 1.29 is 14.4 Å². The van der Waals surface area contributed by atoms with Crippen molar-refractivity contribution in [1.29, 1.82) is 0 Å². The summed E-state index contributed by atoms with van der Waals surface area (Å²) in [7, 11) is 0. The molecule has 1 aromatic carbocycles. The van der Waals surface area contributed by atoms with Crippen molar-refractivity contribution in [3.8, 4) is 0 Å². The van der Waals surface area contributed by atoms with Crippen molar-refractivity contribution in [2.75, 3.05) is 45.8 Å². The van der Waals surface area contributed by atoms with Crippen LogP contribution in [0.1, 0.15) is 32.3 Å². The Hall–Kier alpha value is -2.41. The minimum absolute atomic E-state index is 0.0321. The minimum atomic E-state index is -0.116. The molecule has 2 heterocycles. The smallest absolute Gasteiger partial charge is 0.234 e. The number of rotatable bonds is 6. The van der Waals surface area contributed by atoms with Gasteiger partial charge in [-0.1, -0.05) is 30.3 Å². The Balaban J connectivity index is 1.46. The van der Waals surface area contributed by atoms with Gasteiger partial charge in [0.15, 0.2) is 0 Å². The van der Waals surface area contributed by atoms with Gasteiger partial charge in [0.05, 0.1) is 18.9 Å². The number of piperazine rings is 1. The van der Waals surface area contributed by atoms with E-state index in [-0.39, 0.29) is 29.7 Å². The van der Waals surface area contributed by atoms with Crippen LogP contribution in [0.5, 0.6) is 0 Å². The van der Waals surface area contributed by atoms with Crippen molar-refractivity contribution in [2.45, 2.75) is 39.2 Å². The van der Waals surface area contributed by atoms with Gasteiger partial charge in [-0.15, -0.1) is 0 Å². The van der Waals surface area contributed by atoms with Crippen LogP contribution < -0.4 is 5.32 Å². The molecular weight excluding hydrogens is 380 g/mol. The fraction of sp³-hybridized carbons (Fsp3) is 0.609. The standard InChI is InChI=1S/C23H34N4O3/c1-18(2)24-21(28)17-25-11-13-26(14-12-25)23(30)20-9-6-10-27(16-20)22(29)15-19-7-4-3-5-8-19/h3-5,7-8,18,20H,6,9-17H2,1-2H3,(H,24,28). The topological polar surface area (TPSA) is 73.0 Å². The van der Waals surface area contributed by atoms with Crippen LogP contribution in [0.25, 0.3) is 0 Å². The second kappa shape index (κ2) is 10.6. The molecule has 1 aromatic rings. The van der Waals surface area contributed by atoms with Gasteiger partial charge in [0.25, 0.3) is 0 Å². The lowest BCUT2D eigenvalue weighted by Gasteiger charge is -2.39. The van der Waals surface area contributed by atoms with Crippen molar-refractivity contribution in [1.82, 2.24) is 20.0 Å². The third-order valence-corrected chi connectivity index (χ3v) is 5.82. The predicted octanol–water partition coefficient (Wildman–Crippen LogP) is 1.14. The van der Waals surface area contributed by atoms with Crippen LogP contribution in [0.2, 0.25) is 0 Å². The third-order valence-electron chi connectivity index (χ3n) is 5.82. The van der Waals surface area contributed by atoms with Crippen molar-refractivity contribution in [3.05, 3.63) is 35.9 Å². The number of carbonyl (C=O) groups excluding carboxylic acids is 3. The zero-order chi connectivity index (χ0) is 21.5. The summed E-state index contributed by atoms with van der Waals surface area (Å²) in [6.07, 6.45) is 2.09. The van der Waals surface area contributed by atoms with Crippen LogP contribution in [0.15, 0.2) is 30.3 Å². The molecule has 0 aromatic heterocycles. The molecule has 30 heavy (non-hydrogen) atoms. The predicted molar refractivity (Wildman–Crippen MR) is 116 cm³/mol. The molecule has 1 N–H and O–H groups in total. The highest BCUT2D eigenvalue weighted by atomic mass is 16.2. The van der Waals surface area contributed by atoms with E-state index >= 15 is 0 Å². The quantitative estimate of drug-likeness (QED) is 0.758. The molecule has 164 valence electrons. The van der Waals surface area contributed by atoms with E-state index in [1.807, 2.05) is 54.0 Å². The van der Waals surface area contributed by atoms with Crippen LogP contribution in [0, 0.1) is 5.92 Å². The Labute approximate surface area is 179 Å². The lowest BCUT2D eigenvalue weighted by molar-refractivity contribution is -0.142. The fourth-order valence-electron chi connectivity index (χ4n) is 4.24. The highest BCUT2D eigenvalue weighted by molar-refractivity contribution is 5.82. The van der Waals surface area contributed by atoms with E-state index in [2.05, 4.69) is 10.2 Å². The molecule has 2 saturated heterocycles. The van der Waals surface area contributed by atoms with Crippen LogP contribution in [0.4, 0.5) is 0 Å². The van der Waals surface area contributed by atoms with Gasteiger partial charge in [-0.2, -0.15) is 0 Å². The number of nitrogens with one attached hydrogen (secondary N) is 1. The highest BCUT2D eigenvalue weighted by Crippen LogP contribution is 2.21. The molecule has 2 fully saturated rings. The van der Waals surface area contributed by atoms with Crippen LogP contribution in [0.3, 0.4) is 0 Å². The van der Waals surface area contributed by atoms with Crippen LogP contribution >= 0.6 is 0 Å². The largest absolute Gasteiger partial charge is 0.353 e. The zero-order valence-corrected chi connectivity index (χ0v) is 18.2. The maximum Gasteiger partial charge on any atom is 0.234 e. The first kappa shape index (κ1) is 22.3. The van der Waals surface area contributed by atoms with Crippen LogP contribution in [-0.4, -0.2) is 84.3 Å². The van der Waals surface area contributed by atoms with Crippen molar-refractivity contribution >= 4 is 17.7 Å². The maximum atomic E-state index is 13.0. The summed E-state index contributed by atoms with van der Waals surface area (Å²) in [5, 5.41) is 2.91. The van der Waals surface area contributed by atoms with E-state index in [1.165, 1.54) is 0 Å². The van der Waals surface area contributed by atoms with Gasteiger partial charge in [0, 0.05) is 45.3 Å². The first-order valence-electron chi connectivity index (χ1n) is 11.0. The molecule has 1 unspecified atom stereocenters. The molecule has 0 spiro atoms. The Morgan fingerprint density at radius 1 is 1.00 bits per heavy atom. The first-order valence-corrected chi connectivity index (χ1v) is 11.0. The molecule has 3 amide bonds. The van der Waals surface area contributed by atoms with Crippen molar-refractivity contribution in [3.63, 3.8) is 0 Å². The monoisotopic (exact) mass is 414 g/mol. The molecule has 0 radical (unpaired) electrons. The van der Waals surface area contributed by atoms with Gasteiger partial charge in [-0.25, -0.2) is 0 Å². The second-order valence-corrected chi connectivity index (χ2v) is 8.66. The molecule has 2 aliphatic rings. The molecule has 0 saturated carbocycles. The molecule has 0 bridgehead atoms. The third kappa shape index (κ3) is 6.29. The first-order chi connectivity index (χ1) is 14.4. The van der Waals surface area contributed by atoms with Gasteiger partial charge in [0.1, 0.15) is 0 Å². The van der Waals surface area contributed by atoms with Crippen LogP contribution in [-0.2, 0) is 20.8 Å². The molecule has 1 atom stereocenters. The summed E-state index contributed by atoms with van der Waals surface area (Å²) in [6.45, 7) is 8.23. The number of nitrogens with zero attached hydrogens (tertiary/aromatic N) is 3. The van der Waals surface area contributed by atoms with Gasteiger partial charge in [0.2, 0.25) is 17.7 Å². The second-order valence-electron chi connectivity index (χ2n) is 8.66. The highest BCUT2D eigenvalue weighted by Gasteiger charge is 2.32. The molecule has 3 rings (SSSR count). The van der Waals surface area contributed by atoms with E-state index in [9.17, 15) is 14.4 Å². The maximum absolute atomic E-state index is 13.0. The Morgan fingerprint density at radius 3 is 2.37 bits per heavy atom. The van der Waals surface area contributed by atoms with E-state index in [1.54, 1.807) is 0 Å². The summed E-state index contributed by atoms with van der Waals surface area (Å²) in [6, 6.07) is 9.89. The number of benzene rings is 1. The average Bonchev–Trinajstić information content (AvgIpc) is 2.74. The lowest BCUT2D eigenvalue weighted by Crippen LogP contribution is -2.54. The number of hydrogen-bond acceptors (Lipinski definition) is 4. The van der Waals surface area contributed by atoms with E-state index in [4.69, 9.17) is 0 Å². The summed E-state index contributed by atoms with van der Waals surface area (Å²) < 4.78 is 0. The normalized spacial score (nSPS) is 20.3. The average molecular weight is 415 g/mol. The summed E-state index contributed by atoms with van der Waals surface area (Å²) in [4.78, 5) is 43.5. The molecule has 0 aliphatic carbocycles. The molecular formula is C23H34N4O3. The molecule has 7 nitrogen and oxygen atoms in total. The summed E-state index contributed by atoms with van der Waals surface area (Å²) in [5.74, 6) is 0.164. The Bertz CT molecular complexity index is 729. The molecule has 7 heteroatoms. The minimum Gasteiger partial charge on any atom is -0.353 e. The number of amides is 3. The van der Waals surface area contributed by atoms with Crippen molar-refractivity contribution in [2.24, 2.45) is 5.92 Å². The zero-order valence-electron chi connectivity index (χ0n) is 18.2. The van der Waals surface area contributed by atoms with E-state index in [0.29, 0.717) is 45.7 Å². The lowest BCUT2D eigenvalue weighted by atomic mass is 9.95. The number of carbonyl (C=O) groups is 3. The number of piperidine rings is 1. The summed E-state index contributed by atoms with van der Waals surface area (Å²) in [5.41, 5.74) is 1.01. The SMILES string of the molecule is CC(C)NC(=O)CN1CCN(C(=O)C2CCCN(C(=O)Cc3ccccc3)C2)CC1. The van der Waals surface area contributed by atoms with E-state index in [0.717, 1.165) is 24.9 Å². The fourth-order valence-corrected chi connectivity index (χ4v) is 4.24. The van der Waals surface area contributed by atoms with E-state index < -0.39 is 0 Å². The van der Waals surface area contributed by atoms with Gasteiger partial charge in [-0.3, -0.25) is 19.3 Å². The number of likely N-dealkylation sites (tertiary alicyclic amines) is 1. The van der Waals surface area contributed by atoms with Gasteiger partial charge >= 0.3 is 0 Å². The summed E-state index contributed by atoms with van der Waals surface area (Å²) >= 11 is 0.